The lowest BCUT2D eigenvalue weighted by molar-refractivity contribution is -0.123. The van der Waals surface area contributed by atoms with E-state index in [4.69, 9.17) is 14.2 Å². The molecule has 0 radical (unpaired) electrons. The number of hydrazone groups is 1. The minimum atomic E-state index is -0.351. The van der Waals surface area contributed by atoms with E-state index in [0.717, 1.165) is 5.56 Å². The number of methoxy groups -OCH3 is 2. The number of rotatable bonds is 7. The second kappa shape index (κ2) is 8.73. The smallest absolute Gasteiger partial charge is 0.277 e. The molecule has 0 aromatic heterocycles. The number of hydrogen-bond donors (Lipinski definition) is 1. The van der Waals surface area contributed by atoms with Gasteiger partial charge in [0.05, 0.1) is 20.4 Å². The van der Waals surface area contributed by atoms with Crippen LogP contribution in [-0.2, 0) is 4.79 Å². The van der Waals surface area contributed by atoms with Crippen molar-refractivity contribution in [2.45, 2.75) is 13.8 Å². The van der Waals surface area contributed by atoms with Crippen molar-refractivity contribution in [2.75, 3.05) is 20.8 Å². The van der Waals surface area contributed by atoms with Crippen LogP contribution in [0.25, 0.3) is 0 Å². The second-order valence-corrected chi connectivity index (χ2v) is 5.44. The summed E-state index contributed by atoms with van der Waals surface area (Å²) in [6.07, 6.45) is 1.50. The number of carbonyl (C=O) groups excluding carboxylic acids is 1. The topological polar surface area (TPSA) is 69.2 Å². The zero-order valence-corrected chi connectivity index (χ0v) is 14.8. The third-order valence-corrected chi connectivity index (χ3v) is 3.68. The number of ether oxygens (including phenoxy) is 3. The molecule has 25 heavy (non-hydrogen) atoms. The maximum atomic E-state index is 11.8. The number of amides is 1. The molecule has 2 rings (SSSR count). The van der Waals surface area contributed by atoms with E-state index in [2.05, 4.69) is 10.5 Å². The molecule has 0 bridgehead atoms. The van der Waals surface area contributed by atoms with Crippen LogP contribution in [0.2, 0.25) is 0 Å². The first-order valence-corrected chi connectivity index (χ1v) is 7.77. The van der Waals surface area contributed by atoms with E-state index >= 15 is 0 Å². The van der Waals surface area contributed by atoms with Crippen LogP contribution in [-0.4, -0.2) is 32.9 Å². The Morgan fingerprint density at radius 1 is 1.04 bits per heavy atom. The van der Waals surface area contributed by atoms with Crippen molar-refractivity contribution < 1.29 is 19.0 Å². The van der Waals surface area contributed by atoms with Gasteiger partial charge in [-0.25, -0.2) is 5.43 Å². The molecule has 2 aromatic carbocycles. The van der Waals surface area contributed by atoms with Crippen molar-refractivity contribution in [3.8, 4) is 17.2 Å². The van der Waals surface area contributed by atoms with Gasteiger partial charge < -0.3 is 14.2 Å². The molecule has 1 N–H and O–H groups in total. The molecule has 132 valence electrons. The van der Waals surface area contributed by atoms with Crippen molar-refractivity contribution in [1.29, 1.82) is 0 Å². The lowest BCUT2D eigenvalue weighted by atomic mass is 10.1. The molecular formula is C19H22N2O4. The van der Waals surface area contributed by atoms with E-state index in [1.807, 2.05) is 32.0 Å². The highest BCUT2D eigenvalue weighted by molar-refractivity contribution is 5.86. The Morgan fingerprint density at radius 2 is 1.80 bits per heavy atom. The summed E-state index contributed by atoms with van der Waals surface area (Å²) in [5.74, 6) is 1.60. The predicted molar refractivity (Wildman–Crippen MR) is 96.7 cm³/mol. The van der Waals surface area contributed by atoms with E-state index in [-0.39, 0.29) is 12.5 Å². The van der Waals surface area contributed by atoms with Gasteiger partial charge >= 0.3 is 0 Å². The van der Waals surface area contributed by atoms with Gasteiger partial charge in [0.25, 0.3) is 5.91 Å². The van der Waals surface area contributed by atoms with Gasteiger partial charge in [0.2, 0.25) is 0 Å². The number of nitrogens with zero attached hydrogens (tertiary/aromatic N) is 1. The predicted octanol–water partition coefficient (Wildman–Crippen LogP) is 2.85. The fourth-order valence-electron chi connectivity index (χ4n) is 2.10. The van der Waals surface area contributed by atoms with Gasteiger partial charge in [-0.05, 0) is 55.3 Å². The summed E-state index contributed by atoms with van der Waals surface area (Å²) in [6, 6.07) is 11.0. The minimum absolute atomic E-state index is 0.116. The molecule has 2 aromatic rings. The first-order chi connectivity index (χ1) is 12.0. The van der Waals surface area contributed by atoms with E-state index in [9.17, 15) is 4.79 Å². The van der Waals surface area contributed by atoms with Crippen LogP contribution in [0.3, 0.4) is 0 Å². The van der Waals surface area contributed by atoms with E-state index in [1.54, 1.807) is 32.4 Å². The molecule has 0 spiro atoms. The lowest BCUT2D eigenvalue weighted by Gasteiger charge is -2.08. The van der Waals surface area contributed by atoms with Crippen LogP contribution in [0.15, 0.2) is 41.5 Å². The minimum Gasteiger partial charge on any atom is -0.497 e. The normalized spacial score (nSPS) is 10.6. The first-order valence-electron chi connectivity index (χ1n) is 7.77. The summed E-state index contributed by atoms with van der Waals surface area (Å²) in [5.41, 5.74) is 5.40. The molecule has 6 nitrogen and oxygen atoms in total. The Labute approximate surface area is 147 Å². The first kappa shape index (κ1) is 18.3. The summed E-state index contributed by atoms with van der Waals surface area (Å²) in [4.78, 5) is 11.8. The number of aryl methyl sites for hydroxylation is 2. The third-order valence-electron chi connectivity index (χ3n) is 3.68. The molecule has 0 aliphatic heterocycles. The molecule has 0 saturated carbocycles. The number of carbonyl (C=O) groups is 1. The molecule has 0 unspecified atom stereocenters. The highest BCUT2D eigenvalue weighted by Gasteiger charge is 2.05. The fourth-order valence-corrected chi connectivity index (χ4v) is 2.10. The molecule has 6 heteroatoms. The third kappa shape index (κ3) is 5.24. The average Bonchev–Trinajstić information content (AvgIpc) is 2.62. The zero-order chi connectivity index (χ0) is 18.2. The van der Waals surface area contributed by atoms with Gasteiger partial charge in [-0.2, -0.15) is 5.10 Å². The van der Waals surface area contributed by atoms with Gasteiger partial charge in [0.1, 0.15) is 17.2 Å². The Morgan fingerprint density at radius 3 is 2.48 bits per heavy atom. The average molecular weight is 342 g/mol. The molecule has 1 amide bonds. The summed E-state index contributed by atoms with van der Waals surface area (Å²) in [6.45, 7) is 3.90. The molecule has 0 heterocycles. The van der Waals surface area contributed by atoms with Crippen molar-refractivity contribution in [1.82, 2.24) is 5.43 Å². The van der Waals surface area contributed by atoms with Crippen molar-refractivity contribution >= 4 is 12.1 Å². The molecule has 0 saturated heterocycles. The zero-order valence-electron chi connectivity index (χ0n) is 14.8. The Hall–Kier alpha value is -3.02. The Balaban J connectivity index is 1.91. The van der Waals surface area contributed by atoms with Crippen molar-refractivity contribution in [3.63, 3.8) is 0 Å². The van der Waals surface area contributed by atoms with Gasteiger partial charge in [0.15, 0.2) is 6.61 Å². The van der Waals surface area contributed by atoms with Gasteiger partial charge in [-0.1, -0.05) is 6.07 Å². The molecule has 0 aliphatic rings. The highest BCUT2D eigenvalue weighted by Crippen LogP contribution is 2.22. The summed E-state index contributed by atoms with van der Waals surface area (Å²) < 4.78 is 15.9. The quantitative estimate of drug-likeness (QED) is 0.620. The summed E-state index contributed by atoms with van der Waals surface area (Å²) in [7, 11) is 3.14. The molecule has 0 atom stereocenters. The maximum absolute atomic E-state index is 11.8. The summed E-state index contributed by atoms with van der Waals surface area (Å²) in [5, 5.41) is 3.93. The van der Waals surface area contributed by atoms with Gasteiger partial charge in [-0.15, -0.1) is 0 Å². The van der Waals surface area contributed by atoms with Gasteiger partial charge in [0, 0.05) is 5.56 Å². The SMILES string of the molecule is COc1ccc(OC)c(/C=N\NC(=O)COc2ccc(C)c(C)c2)c1. The number of nitrogens with one attached hydrogen (secondary N) is 1. The van der Waals surface area contributed by atoms with Crippen molar-refractivity contribution in [2.24, 2.45) is 5.10 Å². The standard InChI is InChI=1S/C19H22N2O4/c1-13-5-6-17(9-14(13)2)25-12-19(22)21-20-11-15-10-16(23-3)7-8-18(15)24-4/h5-11H,12H2,1-4H3,(H,21,22)/b20-11-. The van der Waals surface area contributed by atoms with Crippen LogP contribution < -0.4 is 19.6 Å². The number of benzene rings is 2. The van der Waals surface area contributed by atoms with Crippen molar-refractivity contribution in [3.05, 3.63) is 53.1 Å². The lowest BCUT2D eigenvalue weighted by Crippen LogP contribution is -2.24. The van der Waals surface area contributed by atoms with E-state index < -0.39 is 0 Å². The van der Waals surface area contributed by atoms with Crippen LogP contribution in [0.1, 0.15) is 16.7 Å². The van der Waals surface area contributed by atoms with Crippen LogP contribution in [0.5, 0.6) is 17.2 Å². The molecule has 0 aliphatic carbocycles. The number of hydrogen-bond acceptors (Lipinski definition) is 5. The Bertz CT molecular complexity index is 772. The van der Waals surface area contributed by atoms with Crippen LogP contribution in [0, 0.1) is 13.8 Å². The molecular weight excluding hydrogens is 320 g/mol. The van der Waals surface area contributed by atoms with E-state index in [1.165, 1.54) is 11.8 Å². The monoisotopic (exact) mass is 342 g/mol. The fraction of sp³-hybridized carbons (Fsp3) is 0.263. The van der Waals surface area contributed by atoms with Gasteiger partial charge in [-0.3, -0.25) is 4.79 Å². The van der Waals surface area contributed by atoms with E-state index in [0.29, 0.717) is 22.8 Å². The van der Waals surface area contributed by atoms with Crippen LogP contribution in [0.4, 0.5) is 0 Å². The molecule has 0 fully saturated rings. The largest absolute Gasteiger partial charge is 0.497 e. The second-order valence-electron chi connectivity index (χ2n) is 5.44. The van der Waals surface area contributed by atoms with Crippen LogP contribution >= 0.6 is 0 Å². The Kier molecular flexibility index (Phi) is 6.39. The summed E-state index contributed by atoms with van der Waals surface area (Å²) >= 11 is 0. The maximum Gasteiger partial charge on any atom is 0.277 e. The highest BCUT2D eigenvalue weighted by atomic mass is 16.5.